The molecule has 228 valence electrons. The second kappa shape index (κ2) is 11.9. The number of aliphatic hydroxyl groups excluding tert-OH is 5. The molecule has 0 spiro atoms. The summed E-state index contributed by atoms with van der Waals surface area (Å²) in [6, 6.07) is 7.78. The number of rotatable bonds is 9. The summed E-state index contributed by atoms with van der Waals surface area (Å²) >= 11 is 0. The van der Waals surface area contributed by atoms with Gasteiger partial charge in [0.15, 0.2) is 29.4 Å². The molecular weight excluding hydrogens is 572 g/mol. The third-order valence-corrected chi connectivity index (χ3v) is 6.90. The zero-order valence-corrected chi connectivity index (χ0v) is 22.5. The van der Waals surface area contributed by atoms with Gasteiger partial charge in [-0.25, -0.2) is 4.79 Å². The lowest BCUT2D eigenvalue weighted by Gasteiger charge is -2.38. The van der Waals surface area contributed by atoms with E-state index < -0.39 is 54.6 Å². The van der Waals surface area contributed by atoms with Crippen molar-refractivity contribution in [1.29, 1.82) is 0 Å². The molecular formula is C28H29N2O13+. The van der Waals surface area contributed by atoms with Crippen LogP contribution in [0.2, 0.25) is 0 Å². The standard InChI is InChI=1S/C28H28N2O13/c1-39-25-18(42-28-24(36)22(34)23(35)26(43-28)27(37)38)9-17-20(21(25)33)14(31)8-16(41-17)11-2-4-12(5-3-11)40-10-15(32)13-6-7-19(29)30-13/h2-9,15-16,22-24,26,28-29,31-36H,10H2,1H3,(H,37,38)/p+1. The maximum atomic E-state index is 11.5. The average molecular weight is 602 g/mol. The number of hydrogen-bond donors (Lipinski definition) is 8. The van der Waals surface area contributed by atoms with Crippen molar-refractivity contribution < 1.29 is 69.6 Å². The van der Waals surface area contributed by atoms with E-state index >= 15 is 0 Å². The Hall–Kier alpha value is -4.67. The SMILES string of the molecule is COc1c(OC2OC(C(=O)O)C(O)C(O)C2O)cc2c(c1O)C(O)=CC(c1ccc(OCC(O)C3=NC(=[NH2+])C=C3)cc1)O2. The number of phenolic OH excluding ortho intramolecular Hbond substituents is 1. The number of ether oxygens (including phenoxy) is 5. The molecule has 0 aromatic heterocycles. The first kappa shape index (κ1) is 29.8. The number of benzene rings is 2. The highest BCUT2D eigenvalue weighted by Crippen LogP contribution is 2.50. The molecule has 1 saturated heterocycles. The maximum Gasteiger partial charge on any atom is 0.335 e. The molecule has 3 heterocycles. The van der Waals surface area contributed by atoms with E-state index in [1.54, 1.807) is 36.4 Å². The molecule has 0 saturated carbocycles. The first-order chi connectivity index (χ1) is 20.5. The van der Waals surface area contributed by atoms with Crippen LogP contribution in [-0.4, -0.2) is 104 Å². The number of fused-ring (bicyclic) bond motifs is 1. The number of nitrogens with two attached hydrogens (primary N) is 1. The lowest BCUT2D eigenvalue weighted by Crippen LogP contribution is -2.61. The molecule has 2 aromatic rings. The summed E-state index contributed by atoms with van der Waals surface area (Å²) in [6.45, 7) is -0.0731. The van der Waals surface area contributed by atoms with Gasteiger partial charge in [0, 0.05) is 18.2 Å². The van der Waals surface area contributed by atoms with Gasteiger partial charge in [0.2, 0.25) is 12.0 Å². The molecule has 1 fully saturated rings. The minimum absolute atomic E-state index is 0.0658. The number of carboxylic acids is 1. The van der Waals surface area contributed by atoms with Crippen molar-refractivity contribution in [2.45, 2.75) is 42.9 Å². The smallest absolute Gasteiger partial charge is 0.335 e. The van der Waals surface area contributed by atoms with Crippen LogP contribution in [0.4, 0.5) is 0 Å². The molecule has 0 bridgehead atoms. The largest absolute Gasteiger partial charge is 0.507 e. The lowest BCUT2D eigenvalue weighted by atomic mass is 9.99. The van der Waals surface area contributed by atoms with Crippen LogP contribution in [0.3, 0.4) is 0 Å². The molecule has 0 amide bonds. The van der Waals surface area contributed by atoms with E-state index in [4.69, 9.17) is 29.1 Å². The first-order valence-corrected chi connectivity index (χ1v) is 12.9. The molecule has 15 nitrogen and oxygen atoms in total. The first-order valence-electron chi connectivity index (χ1n) is 12.9. The fourth-order valence-corrected chi connectivity index (χ4v) is 4.66. The maximum absolute atomic E-state index is 11.5. The molecule has 15 heteroatoms. The Morgan fingerprint density at radius 2 is 1.81 bits per heavy atom. The molecule has 2 aromatic carbocycles. The summed E-state index contributed by atoms with van der Waals surface area (Å²) in [5.74, 6) is -2.49. The summed E-state index contributed by atoms with van der Waals surface area (Å²) in [7, 11) is 1.19. The second-order valence-electron chi connectivity index (χ2n) is 9.76. The zero-order chi connectivity index (χ0) is 31.0. The number of aliphatic carboxylic acids is 1. The minimum Gasteiger partial charge on any atom is -0.507 e. The van der Waals surface area contributed by atoms with Crippen molar-refractivity contribution in [2.75, 3.05) is 13.7 Å². The third-order valence-electron chi connectivity index (χ3n) is 6.90. The number of phenols is 1. The van der Waals surface area contributed by atoms with Gasteiger partial charge in [-0.1, -0.05) is 12.1 Å². The van der Waals surface area contributed by atoms with Gasteiger partial charge in [-0.05, 0) is 28.8 Å². The number of amidine groups is 1. The van der Waals surface area contributed by atoms with Crippen LogP contribution in [0.5, 0.6) is 28.7 Å². The molecule has 9 N–H and O–H groups in total. The highest BCUT2D eigenvalue weighted by atomic mass is 16.7. The summed E-state index contributed by atoms with van der Waals surface area (Å²) in [5, 5.41) is 77.2. The monoisotopic (exact) mass is 601 g/mol. The Morgan fingerprint density at radius 1 is 1.09 bits per heavy atom. The van der Waals surface area contributed by atoms with E-state index in [0.717, 1.165) is 0 Å². The average Bonchev–Trinajstić information content (AvgIpc) is 3.42. The van der Waals surface area contributed by atoms with E-state index in [2.05, 4.69) is 4.99 Å². The van der Waals surface area contributed by atoms with Gasteiger partial charge in [0.1, 0.15) is 53.8 Å². The number of aliphatic hydroxyl groups is 5. The number of nitrogens with zero attached hydrogens (tertiary/aromatic N) is 1. The third kappa shape index (κ3) is 5.84. The van der Waals surface area contributed by atoms with Gasteiger partial charge in [0.05, 0.1) is 7.11 Å². The van der Waals surface area contributed by atoms with E-state index in [1.165, 1.54) is 19.3 Å². The molecule has 7 unspecified atom stereocenters. The fourth-order valence-electron chi connectivity index (χ4n) is 4.66. The predicted octanol–water partition coefficient (Wildman–Crippen LogP) is -1.39. The highest BCUT2D eigenvalue weighted by molar-refractivity contribution is 6.14. The summed E-state index contributed by atoms with van der Waals surface area (Å²) in [6.07, 6.45) is -6.79. The van der Waals surface area contributed by atoms with Crippen molar-refractivity contribution in [3.63, 3.8) is 0 Å². The Morgan fingerprint density at radius 3 is 2.44 bits per heavy atom. The van der Waals surface area contributed by atoms with Crippen LogP contribution in [-0.2, 0) is 9.53 Å². The summed E-state index contributed by atoms with van der Waals surface area (Å²) < 4.78 is 27.6. The molecule has 3 aliphatic heterocycles. The topological polar surface area (TPSA) is 243 Å². The Bertz CT molecular complexity index is 1500. The highest BCUT2D eigenvalue weighted by Gasteiger charge is 2.48. The van der Waals surface area contributed by atoms with Crippen molar-refractivity contribution in [3.8, 4) is 28.7 Å². The van der Waals surface area contributed by atoms with E-state index in [9.17, 15) is 40.5 Å². The molecule has 5 rings (SSSR count). The Balaban J connectivity index is 1.34. The van der Waals surface area contributed by atoms with Gasteiger partial charge in [0.25, 0.3) is 0 Å². The van der Waals surface area contributed by atoms with Gasteiger partial charge < -0.3 is 59.4 Å². The Kier molecular flexibility index (Phi) is 8.25. The van der Waals surface area contributed by atoms with Crippen LogP contribution in [0.15, 0.2) is 53.6 Å². The van der Waals surface area contributed by atoms with Gasteiger partial charge in [-0.15, -0.1) is 0 Å². The molecule has 43 heavy (non-hydrogen) atoms. The fraction of sp³-hybridized carbons (Fsp3) is 0.321. The van der Waals surface area contributed by atoms with Gasteiger partial charge in [-0.3, -0.25) is 5.41 Å². The van der Waals surface area contributed by atoms with Crippen LogP contribution in [0.1, 0.15) is 17.2 Å². The molecule has 0 aliphatic carbocycles. The summed E-state index contributed by atoms with van der Waals surface area (Å²) in [5.41, 5.74) is 0.827. The van der Waals surface area contributed by atoms with E-state index in [0.29, 0.717) is 22.9 Å². The Labute approximate surface area is 243 Å². The van der Waals surface area contributed by atoms with Crippen molar-refractivity contribution in [1.82, 2.24) is 0 Å². The van der Waals surface area contributed by atoms with Gasteiger partial charge in [-0.2, -0.15) is 0 Å². The van der Waals surface area contributed by atoms with Crippen molar-refractivity contribution in [3.05, 3.63) is 59.7 Å². The van der Waals surface area contributed by atoms with E-state index in [1.807, 2.05) is 0 Å². The van der Waals surface area contributed by atoms with Crippen molar-refractivity contribution >= 4 is 23.3 Å². The number of carboxylic acid groups (broad SMARTS) is 1. The molecule has 0 radical (unpaired) electrons. The molecule has 3 aliphatic rings. The van der Waals surface area contributed by atoms with Gasteiger partial charge >= 0.3 is 11.8 Å². The van der Waals surface area contributed by atoms with Crippen LogP contribution in [0.25, 0.3) is 5.76 Å². The molecule has 7 atom stereocenters. The number of aromatic hydroxyl groups is 1. The number of hydrogen-bond acceptors (Lipinski definition) is 12. The second-order valence-corrected chi connectivity index (χ2v) is 9.76. The predicted molar refractivity (Wildman–Crippen MR) is 145 cm³/mol. The minimum atomic E-state index is -1.93. The number of carbonyl (C=O) groups is 1. The number of aliphatic imine (C=N–C) groups is 1. The summed E-state index contributed by atoms with van der Waals surface area (Å²) in [4.78, 5) is 15.5. The zero-order valence-electron chi connectivity index (χ0n) is 22.5. The lowest BCUT2D eigenvalue weighted by molar-refractivity contribution is -0.271. The number of methoxy groups -OCH3 is 1. The van der Waals surface area contributed by atoms with Crippen LogP contribution >= 0.6 is 0 Å². The quantitative estimate of drug-likeness (QED) is 0.165. The van der Waals surface area contributed by atoms with Crippen LogP contribution < -0.4 is 24.4 Å². The van der Waals surface area contributed by atoms with E-state index in [-0.39, 0.29) is 35.2 Å². The van der Waals surface area contributed by atoms with Crippen molar-refractivity contribution in [2.24, 2.45) is 4.99 Å². The normalized spacial score (nSPS) is 27.0. The van der Waals surface area contributed by atoms with Crippen LogP contribution in [0, 0.1) is 0 Å².